The molecular formula is C19H27N3O4S2. The lowest BCUT2D eigenvalue weighted by atomic mass is 10.2. The molecule has 2 atom stereocenters. The SMILES string of the molecule is CCC[C@@H](C)NC(=O)CS[C@@H](C)c1nc2sc(C(=O)OCC)c(C)c2c(=O)[nH]1. The number of hydrogen-bond donors (Lipinski definition) is 2. The fourth-order valence-electron chi connectivity index (χ4n) is 2.85. The minimum atomic E-state index is -0.441. The van der Waals surface area contributed by atoms with Gasteiger partial charge in [0, 0.05) is 6.04 Å². The lowest BCUT2D eigenvalue weighted by Crippen LogP contribution is -2.33. The first-order valence-corrected chi connectivity index (χ1v) is 11.3. The van der Waals surface area contributed by atoms with Crippen molar-refractivity contribution in [2.75, 3.05) is 12.4 Å². The van der Waals surface area contributed by atoms with E-state index in [4.69, 9.17) is 4.74 Å². The monoisotopic (exact) mass is 425 g/mol. The van der Waals surface area contributed by atoms with E-state index in [2.05, 4.69) is 22.2 Å². The zero-order chi connectivity index (χ0) is 20.8. The second-order valence-electron chi connectivity index (χ2n) is 6.62. The van der Waals surface area contributed by atoms with Crippen LogP contribution in [0.2, 0.25) is 0 Å². The lowest BCUT2D eigenvalue weighted by Gasteiger charge is -2.14. The minimum absolute atomic E-state index is 0.0298. The number of aromatic amines is 1. The number of fused-ring (bicyclic) bond motifs is 1. The van der Waals surface area contributed by atoms with Gasteiger partial charge in [-0.25, -0.2) is 9.78 Å². The van der Waals surface area contributed by atoms with Crippen LogP contribution >= 0.6 is 23.1 Å². The molecule has 0 unspecified atom stereocenters. The van der Waals surface area contributed by atoms with Gasteiger partial charge in [-0.1, -0.05) is 13.3 Å². The third-order valence-corrected chi connectivity index (χ3v) is 6.58. The van der Waals surface area contributed by atoms with Crippen molar-refractivity contribution >= 4 is 45.2 Å². The first-order chi connectivity index (χ1) is 13.3. The van der Waals surface area contributed by atoms with E-state index in [0.717, 1.165) is 24.2 Å². The Labute approximate surface area is 172 Å². The van der Waals surface area contributed by atoms with Crippen LogP contribution in [0.5, 0.6) is 0 Å². The molecule has 2 aromatic rings. The molecule has 0 saturated carbocycles. The Hall–Kier alpha value is -1.87. The topological polar surface area (TPSA) is 101 Å². The summed E-state index contributed by atoms with van der Waals surface area (Å²) in [5, 5.41) is 3.21. The predicted molar refractivity (Wildman–Crippen MR) is 114 cm³/mol. The first-order valence-electron chi connectivity index (χ1n) is 9.39. The predicted octanol–water partition coefficient (Wildman–Crippen LogP) is 3.57. The number of rotatable bonds is 9. The number of aryl methyl sites for hydroxylation is 1. The van der Waals surface area contributed by atoms with Crippen LogP contribution in [0.25, 0.3) is 10.2 Å². The van der Waals surface area contributed by atoms with Crippen LogP contribution in [-0.2, 0) is 9.53 Å². The third-order valence-electron chi connectivity index (χ3n) is 4.26. The van der Waals surface area contributed by atoms with Crippen molar-refractivity contribution in [3.8, 4) is 0 Å². The van der Waals surface area contributed by atoms with Crippen molar-refractivity contribution in [3.63, 3.8) is 0 Å². The molecule has 0 aliphatic carbocycles. The van der Waals surface area contributed by atoms with Gasteiger partial charge in [-0.2, -0.15) is 0 Å². The zero-order valence-electron chi connectivity index (χ0n) is 16.9. The van der Waals surface area contributed by atoms with Gasteiger partial charge in [0.1, 0.15) is 15.5 Å². The summed E-state index contributed by atoms with van der Waals surface area (Å²) in [4.78, 5) is 44.9. The molecule has 0 fully saturated rings. The molecule has 154 valence electrons. The molecule has 28 heavy (non-hydrogen) atoms. The van der Waals surface area contributed by atoms with Crippen molar-refractivity contribution in [3.05, 3.63) is 26.6 Å². The van der Waals surface area contributed by atoms with Gasteiger partial charge in [0.15, 0.2) is 0 Å². The first kappa shape index (κ1) is 22.4. The van der Waals surface area contributed by atoms with E-state index in [-0.39, 0.29) is 35.1 Å². The molecule has 2 heterocycles. The van der Waals surface area contributed by atoms with E-state index < -0.39 is 5.97 Å². The lowest BCUT2D eigenvalue weighted by molar-refractivity contribution is -0.119. The number of carbonyl (C=O) groups is 2. The molecule has 2 aromatic heterocycles. The van der Waals surface area contributed by atoms with Crippen LogP contribution in [0.15, 0.2) is 4.79 Å². The summed E-state index contributed by atoms with van der Waals surface area (Å²) in [6.45, 7) is 9.70. The van der Waals surface area contributed by atoms with Crippen LogP contribution in [0.3, 0.4) is 0 Å². The normalized spacial score (nSPS) is 13.3. The fourth-order valence-corrected chi connectivity index (χ4v) is 4.68. The van der Waals surface area contributed by atoms with E-state index in [1.54, 1.807) is 13.8 Å². The number of esters is 1. The molecule has 0 aliphatic rings. The van der Waals surface area contributed by atoms with E-state index in [1.807, 2.05) is 13.8 Å². The van der Waals surface area contributed by atoms with Gasteiger partial charge >= 0.3 is 5.97 Å². The van der Waals surface area contributed by atoms with Crippen molar-refractivity contribution in [1.82, 2.24) is 15.3 Å². The van der Waals surface area contributed by atoms with Gasteiger partial charge in [-0.05, 0) is 39.7 Å². The third kappa shape index (κ3) is 5.35. The van der Waals surface area contributed by atoms with E-state index in [0.29, 0.717) is 26.5 Å². The number of hydrogen-bond acceptors (Lipinski definition) is 7. The van der Waals surface area contributed by atoms with Gasteiger partial charge in [-0.15, -0.1) is 23.1 Å². The average molecular weight is 426 g/mol. The number of nitrogens with zero attached hydrogens (tertiary/aromatic N) is 1. The van der Waals surface area contributed by atoms with Crippen molar-refractivity contribution < 1.29 is 14.3 Å². The molecule has 1 amide bonds. The van der Waals surface area contributed by atoms with Gasteiger partial charge in [0.2, 0.25) is 5.91 Å². The van der Waals surface area contributed by atoms with Crippen LogP contribution < -0.4 is 10.9 Å². The summed E-state index contributed by atoms with van der Waals surface area (Å²) in [6, 6.07) is 0.151. The number of carbonyl (C=O) groups excluding carboxylic acids is 2. The summed E-state index contributed by atoms with van der Waals surface area (Å²) in [5.74, 6) is 0.310. The minimum Gasteiger partial charge on any atom is -0.462 e. The van der Waals surface area contributed by atoms with E-state index in [1.165, 1.54) is 11.8 Å². The zero-order valence-corrected chi connectivity index (χ0v) is 18.5. The van der Waals surface area contributed by atoms with Crippen LogP contribution in [0.4, 0.5) is 0 Å². The molecule has 0 radical (unpaired) electrons. The highest BCUT2D eigenvalue weighted by molar-refractivity contribution is 8.00. The molecule has 0 saturated heterocycles. The molecule has 7 nitrogen and oxygen atoms in total. The quantitative estimate of drug-likeness (QED) is 0.596. The Morgan fingerprint density at radius 2 is 2.04 bits per heavy atom. The maximum Gasteiger partial charge on any atom is 0.348 e. The second kappa shape index (κ2) is 10.1. The smallest absolute Gasteiger partial charge is 0.348 e. The number of nitrogens with one attached hydrogen (secondary N) is 2. The average Bonchev–Trinajstić information content (AvgIpc) is 2.97. The molecule has 0 aliphatic heterocycles. The van der Waals surface area contributed by atoms with Crippen LogP contribution in [0, 0.1) is 6.92 Å². The van der Waals surface area contributed by atoms with E-state index >= 15 is 0 Å². The molecule has 2 N–H and O–H groups in total. The summed E-state index contributed by atoms with van der Waals surface area (Å²) in [7, 11) is 0. The maximum absolute atomic E-state index is 12.5. The summed E-state index contributed by atoms with van der Waals surface area (Å²) in [6.07, 6.45) is 1.96. The Bertz CT molecular complexity index is 906. The molecule has 2 rings (SSSR count). The van der Waals surface area contributed by atoms with Crippen LogP contribution in [-0.4, -0.2) is 40.2 Å². The number of aromatic nitrogens is 2. The summed E-state index contributed by atoms with van der Waals surface area (Å²) < 4.78 is 5.05. The van der Waals surface area contributed by atoms with Gasteiger partial charge < -0.3 is 15.0 Å². The Kier molecular flexibility index (Phi) is 8.06. The highest BCUT2D eigenvalue weighted by Crippen LogP contribution is 2.30. The molecule has 9 heteroatoms. The molecule has 0 aromatic carbocycles. The Morgan fingerprint density at radius 3 is 2.68 bits per heavy atom. The molecule has 0 bridgehead atoms. The Balaban J connectivity index is 2.15. The Morgan fingerprint density at radius 1 is 1.32 bits per heavy atom. The van der Waals surface area contributed by atoms with Crippen molar-refractivity contribution in [2.45, 2.75) is 58.8 Å². The summed E-state index contributed by atoms with van der Waals surface area (Å²) in [5.41, 5.74) is 0.307. The summed E-state index contributed by atoms with van der Waals surface area (Å²) >= 11 is 2.57. The highest BCUT2D eigenvalue weighted by Gasteiger charge is 2.21. The number of amides is 1. The van der Waals surface area contributed by atoms with Gasteiger partial charge in [0.25, 0.3) is 5.56 Å². The number of ether oxygens (including phenoxy) is 1. The van der Waals surface area contributed by atoms with E-state index in [9.17, 15) is 14.4 Å². The largest absolute Gasteiger partial charge is 0.462 e. The van der Waals surface area contributed by atoms with Crippen molar-refractivity contribution in [2.24, 2.45) is 0 Å². The maximum atomic E-state index is 12.5. The standard InChI is InChI=1S/C19H27N3O4S2/c1-6-8-10(3)20-13(23)9-27-12(5)16-21-17(24)14-11(4)15(19(25)26-7-2)28-18(14)22-16/h10,12H,6-9H2,1-5H3,(H,20,23)(H,21,22,24)/t10-,12+/m1/s1. The number of thioether (sulfide) groups is 1. The van der Waals surface area contributed by atoms with Gasteiger partial charge in [-0.3, -0.25) is 9.59 Å². The molecular weight excluding hydrogens is 398 g/mol. The number of H-pyrrole nitrogens is 1. The van der Waals surface area contributed by atoms with Gasteiger partial charge in [0.05, 0.1) is 23.0 Å². The highest BCUT2D eigenvalue weighted by atomic mass is 32.2. The van der Waals surface area contributed by atoms with Crippen molar-refractivity contribution in [1.29, 1.82) is 0 Å². The van der Waals surface area contributed by atoms with Crippen LogP contribution in [0.1, 0.15) is 66.8 Å². The molecule has 0 spiro atoms. The second-order valence-corrected chi connectivity index (χ2v) is 8.95. The number of thiophene rings is 1. The fraction of sp³-hybridized carbons (Fsp3) is 0.579.